The molecule has 0 radical (unpaired) electrons. The molecular weight excluding hydrogens is 407 g/mol. The van der Waals surface area contributed by atoms with E-state index in [0.717, 1.165) is 27.7 Å². The van der Waals surface area contributed by atoms with E-state index in [0.29, 0.717) is 15.8 Å². The minimum Gasteiger partial charge on any atom is -0.325 e. The first kappa shape index (κ1) is 19.2. The largest absolute Gasteiger partial charge is 0.325 e. The lowest BCUT2D eigenvalue weighted by Crippen LogP contribution is -2.14. The molecule has 26 heavy (non-hydrogen) atoms. The molecule has 0 saturated heterocycles. The van der Waals surface area contributed by atoms with E-state index in [1.807, 2.05) is 35.7 Å². The molecule has 1 aromatic heterocycles. The van der Waals surface area contributed by atoms with Gasteiger partial charge in [0.05, 0.1) is 16.5 Å². The Morgan fingerprint density at radius 2 is 2.08 bits per heavy atom. The number of hydrogen-bond donors (Lipinski definition) is 1. The molecule has 0 atom stereocenters. The maximum Gasteiger partial charge on any atom is 0.234 e. The summed E-state index contributed by atoms with van der Waals surface area (Å²) in [5.41, 5.74) is 3.64. The molecule has 0 spiro atoms. The van der Waals surface area contributed by atoms with E-state index in [2.05, 4.69) is 17.2 Å². The van der Waals surface area contributed by atoms with Crippen LogP contribution in [-0.4, -0.2) is 16.6 Å². The van der Waals surface area contributed by atoms with E-state index >= 15 is 0 Å². The van der Waals surface area contributed by atoms with Crippen molar-refractivity contribution in [1.29, 1.82) is 0 Å². The Labute approximate surface area is 170 Å². The molecule has 0 bridgehead atoms. The van der Waals surface area contributed by atoms with Crippen LogP contribution in [0.2, 0.25) is 10.0 Å². The normalized spacial score (nSPS) is 10.7. The van der Waals surface area contributed by atoms with Gasteiger partial charge in [-0.1, -0.05) is 54.0 Å². The Hall–Kier alpha value is -1.53. The van der Waals surface area contributed by atoms with Gasteiger partial charge in [0.2, 0.25) is 5.91 Å². The van der Waals surface area contributed by atoms with Gasteiger partial charge in [-0.25, -0.2) is 4.98 Å². The van der Waals surface area contributed by atoms with Crippen molar-refractivity contribution in [3.63, 3.8) is 0 Å². The van der Waals surface area contributed by atoms with Gasteiger partial charge in [0.15, 0.2) is 4.34 Å². The average molecular weight is 423 g/mol. The van der Waals surface area contributed by atoms with E-state index in [1.54, 1.807) is 12.1 Å². The van der Waals surface area contributed by atoms with Crippen LogP contribution in [-0.2, 0) is 11.2 Å². The number of hydrogen-bond acceptors (Lipinski definition) is 4. The molecule has 7 heteroatoms. The molecule has 1 amide bonds. The highest BCUT2D eigenvalue weighted by atomic mass is 35.5. The van der Waals surface area contributed by atoms with Crippen molar-refractivity contribution in [3.8, 4) is 11.3 Å². The van der Waals surface area contributed by atoms with Crippen LogP contribution in [0.3, 0.4) is 0 Å². The minimum absolute atomic E-state index is 0.0514. The Balaban J connectivity index is 1.60. The Kier molecular flexibility index (Phi) is 6.59. The lowest BCUT2D eigenvalue weighted by Gasteiger charge is -2.06. The predicted octanol–water partition coefficient (Wildman–Crippen LogP) is 6.41. The molecule has 0 saturated carbocycles. The molecule has 0 unspecified atom stereocenters. The van der Waals surface area contributed by atoms with Gasteiger partial charge < -0.3 is 5.32 Å². The van der Waals surface area contributed by atoms with Gasteiger partial charge in [-0.15, -0.1) is 11.3 Å². The third-order valence-electron chi connectivity index (χ3n) is 3.64. The fraction of sp³-hybridized carbons (Fsp3) is 0.158. The summed E-state index contributed by atoms with van der Waals surface area (Å²) in [7, 11) is 0. The van der Waals surface area contributed by atoms with E-state index in [9.17, 15) is 4.79 Å². The van der Waals surface area contributed by atoms with Crippen molar-refractivity contribution in [2.45, 2.75) is 17.7 Å². The Morgan fingerprint density at radius 3 is 2.85 bits per heavy atom. The summed E-state index contributed by atoms with van der Waals surface area (Å²) < 4.78 is 0.823. The van der Waals surface area contributed by atoms with Gasteiger partial charge in [-0.2, -0.15) is 0 Å². The third-order valence-corrected chi connectivity index (χ3v) is 6.20. The summed E-state index contributed by atoms with van der Waals surface area (Å²) in [4.78, 5) is 16.7. The highest BCUT2D eigenvalue weighted by Crippen LogP contribution is 2.33. The van der Waals surface area contributed by atoms with Crippen molar-refractivity contribution in [1.82, 2.24) is 4.98 Å². The first-order valence-corrected chi connectivity index (χ1v) is 10.6. The molecule has 3 nitrogen and oxygen atoms in total. The van der Waals surface area contributed by atoms with Gasteiger partial charge in [0.1, 0.15) is 0 Å². The van der Waals surface area contributed by atoms with Gasteiger partial charge in [-0.05, 0) is 42.3 Å². The van der Waals surface area contributed by atoms with Crippen LogP contribution in [0.25, 0.3) is 11.3 Å². The second-order valence-electron chi connectivity index (χ2n) is 5.51. The third kappa shape index (κ3) is 5.01. The summed E-state index contributed by atoms with van der Waals surface area (Å²) in [6.07, 6.45) is 0.938. The summed E-state index contributed by atoms with van der Waals surface area (Å²) in [5.74, 6) is 0.252. The lowest BCUT2D eigenvalue weighted by atomic mass is 10.1. The number of amides is 1. The van der Waals surface area contributed by atoms with Crippen molar-refractivity contribution < 1.29 is 4.79 Å². The number of thioether (sulfide) groups is 1. The van der Waals surface area contributed by atoms with Crippen LogP contribution < -0.4 is 5.32 Å². The number of halogens is 2. The average Bonchev–Trinajstić information content (AvgIpc) is 3.09. The smallest absolute Gasteiger partial charge is 0.234 e. The molecule has 1 N–H and O–H groups in total. The molecule has 1 heterocycles. The zero-order valence-electron chi connectivity index (χ0n) is 14.0. The van der Waals surface area contributed by atoms with Crippen LogP contribution in [0.1, 0.15) is 12.5 Å². The lowest BCUT2D eigenvalue weighted by molar-refractivity contribution is -0.113. The SMILES string of the molecule is CCc1cccc(NC(=O)CSc2nc(-c3ccc(Cl)cc3Cl)cs2)c1. The zero-order valence-corrected chi connectivity index (χ0v) is 17.1. The number of aryl methyl sites for hydroxylation is 1. The van der Waals surface area contributed by atoms with Crippen LogP contribution in [0.5, 0.6) is 0 Å². The Bertz CT molecular complexity index is 927. The van der Waals surface area contributed by atoms with Crippen LogP contribution >= 0.6 is 46.3 Å². The van der Waals surface area contributed by atoms with Crippen LogP contribution in [0.15, 0.2) is 52.2 Å². The molecule has 3 rings (SSSR count). The molecule has 134 valence electrons. The number of thiazole rings is 1. The van der Waals surface area contributed by atoms with Crippen LogP contribution in [0.4, 0.5) is 5.69 Å². The van der Waals surface area contributed by atoms with Crippen molar-refractivity contribution >= 4 is 57.9 Å². The van der Waals surface area contributed by atoms with E-state index < -0.39 is 0 Å². The van der Waals surface area contributed by atoms with Crippen LogP contribution in [0, 0.1) is 0 Å². The van der Waals surface area contributed by atoms with Gasteiger partial charge in [0.25, 0.3) is 0 Å². The first-order chi connectivity index (χ1) is 12.5. The summed E-state index contributed by atoms with van der Waals surface area (Å²) in [5, 5.41) is 6.01. The highest BCUT2D eigenvalue weighted by molar-refractivity contribution is 8.01. The zero-order chi connectivity index (χ0) is 18.5. The molecule has 3 aromatic rings. The van der Waals surface area contributed by atoms with Gasteiger partial charge >= 0.3 is 0 Å². The maximum atomic E-state index is 12.2. The monoisotopic (exact) mass is 422 g/mol. The molecular formula is C19H16Cl2N2OS2. The topological polar surface area (TPSA) is 42.0 Å². The summed E-state index contributed by atoms with van der Waals surface area (Å²) in [6, 6.07) is 13.2. The second kappa shape index (κ2) is 8.91. The van der Waals surface area contributed by atoms with E-state index in [1.165, 1.54) is 28.7 Å². The van der Waals surface area contributed by atoms with Crippen molar-refractivity contribution in [2.75, 3.05) is 11.1 Å². The number of carbonyl (C=O) groups is 1. The summed E-state index contributed by atoms with van der Waals surface area (Å²) >= 11 is 15.1. The number of carbonyl (C=O) groups excluding carboxylic acids is 1. The number of benzene rings is 2. The number of anilines is 1. The molecule has 0 fully saturated rings. The number of rotatable bonds is 6. The maximum absolute atomic E-state index is 12.2. The molecule has 0 aliphatic rings. The second-order valence-corrected chi connectivity index (χ2v) is 8.44. The van der Waals surface area contributed by atoms with E-state index in [-0.39, 0.29) is 5.91 Å². The van der Waals surface area contributed by atoms with Crippen molar-refractivity contribution in [2.24, 2.45) is 0 Å². The highest BCUT2D eigenvalue weighted by Gasteiger charge is 2.11. The number of nitrogens with zero attached hydrogens (tertiary/aromatic N) is 1. The molecule has 0 aliphatic carbocycles. The van der Waals surface area contributed by atoms with Gasteiger partial charge in [0, 0.05) is 21.7 Å². The quantitative estimate of drug-likeness (QED) is 0.466. The molecule has 0 aliphatic heterocycles. The first-order valence-electron chi connectivity index (χ1n) is 7.97. The minimum atomic E-state index is -0.0514. The Morgan fingerprint density at radius 1 is 1.23 bits per heavy atom. The standard InChI is InChI=1S/C19H16Cl2N2OS2/c1-2-12-4-3-5-14(8-12)22-18(24)11-26-19-23-17(10-25-19)15-7-6-13(20)9-16(15)21/h3-10H,2,11H2,1H3,(H,22,24). The van der Waals surface area contributed by atoms with Gasteiger partial charge in [-0.3, -0.25) is 4.79 Å². The molecule has 2 aromatic carbocycles. The number of nitrogens with one attached hydrogen (secondary N) is 1. The van der Waals surface area contributed by atoms with Crippen molar-refractivity contribution in [3.05, 3.63) is 63.5 Å². The van der Waals surface area contributed by atoms with E-state index in [4.69, 9.17) is 23.2 Å². The fourth-order valence-corrected chi connectivity index (χ4v) is 4.47. The summed E-state index contributed by atoms with van der Waals surface area (Å²) in [6.45, 7) is 2.09. The number of aromatic nitrogens is 1. The predicted molar refractivity (Wildman–Crippen MR) is 113 cm³/mol. The fourth-order valence-electron chi connectivity index (χ4n) is 2.34.